The van der Waals surface area contributed by atoms with Gasteiger partial charge in [-0.05, 0) is 20.8 Å². The summed E-state index contributed by atoms with van der Waals surface area (Å²) in [6.07, 6.45) is 0. The van der Waals surface area contributed by atoms with Crippen molar-refractivity contribution < 1.29 is 0 Å². The average Bonchev–Trinajstić information content (AvgIpc) is 1.58. The summed E-state index contributed by atoms with van der Waals surface area (Å²) in [6.45, 7) is 6.45. The molecule has 10 heavy (non-hydrogen) atoms. The SMILES string of the molecule is CC(C)(C)N1[SiH](Cl)N[SiH]1Cl. The van der Waals surface area contributed by atoms with Crippen LogP contribution in [0.1, 0.15) is 20.8 Å². The first-order valence-electron chi connectivity index (χ1n) is 3.25. The molecule has 0 amide bonds. The molecule has 60 valence electrons. The first kappa shape index (κ1) is 9.03. The number of rotatable bonds is 0. The average molecular weight is 215 g/mol. The Morgan fingerprint density at radius 2 is 1.60 bits per heavy atom. The molecule has 0 aromatic heterocycles. The third-order valence-corrected chi connectivity index (χ3v) is 12.7. The topological polar surface area (TPSA) is 15.3 Å². The molecule has 0 radical (unpaired) electrons. The van der Waals surface area contributed by atoms with E-state index in [2.05, 4.69) is 29.7 Å². The molecule has 1 saturated heterocycles. The van der Waals surface area contributed by atoms with Crippen LogP contribution in [0.4, 0.5) is 0 Å². The first-order chi connectivity index (χ1) is 4.43. The highest BCUT2D eigenvalue weighted by Crippen LogP contribution is 2.24. The van der Waals surface area contributed by atoms with E-state index in [-0.39, 0.29) is 5.54 Å². The largest absolute Gasteiger partial charge is 0.316 e. The Bertz CT molecular complexity index is 130. The fourth-order valence-electron chi connectivity index (χ4n) is 0.987. The van der Waals surface area contributed by atoms with Crippen LogP contribution in [0, 0.1) is 0 Å². The molecule has 0 aromatic rings. The van der Waals surface area contributed by atoms with Gasteiger partial charge in [0.25, 0.3) is 16.9 Å². The van der Waals surface area contributed by atoms with Gasteiger partial charge in [-0.1, -0.05) is 0 Å². The van der Waals surface area contributed by atoms with Crippen LogP contribution in [0.2, 0.25) is 0 Å². The molecule has 1 rings (SSSR count). The summed E-state index contributed by atoms with van der Waals surface area (Å²) < 4.78 is 5.47. The van der Waals surface area contributed by atoms with Crippen molar-refractivity contribution in [1.29, 1.82) is 0 Å². The van der Waals surface area contributed by atoms with Crippen LogP contribution in [0.5, 0.6) is 0 Å². The van der Waals surface area contributed by atoms with Crippen LogP contribution in [0.25, 0.3) is 0 Å². The minimum atomic E-state index is -1.28. The van der Waals surface area contributed by atoms with Gasteiger partial charge in [0, 0.05) is 5.54 Å². The van der Waals surface area contributed by atoms with E-state index in [1.54, 1.807) is 0 Å². The summed E-state index contributed by atoms with van der Waals surface area (Å²) >= 11 is 12.0. The predicted molar refractivity (Wildman–Crippen MR) is 50.7 cm³/mol. The predicted octanol–water partition coefficient (Wildman–Crippen LogP) is 0.602. The highest BCUT2D eigenvalue weighted by Gasteiger charge is 2.44. The molecular formula is C4H12Cl2N2Si2. The van der Waals surface area contributed by atoms with E-state index in [0.29, 0.717) is 0 Å². The number of nitrogens with zero attached hydrogens (tertiary/aromatic N) is 1. The molecule has 2 unspecified atom stereocenters. The first-order valence-corrected chi connectivity index (χ1v) is 8.93. The zero-order valence-electron chi connectivity index (χ0n) is 6.36. The van der Waals surface area contributed by atoms with Crippen molar-refractivity contribution in [3.05, 3.63) is 0 Å². The fraction of sp³-hybridized carbons (Fsp3) is 1.00. The van der Waals surface area contributed by atoms with Gasteiger partial charge < -0.3 is 4.65 Å². The fourth-order valence-corrected chi connectivity index (χ4v) is 11.8. The third kappa shape index (κ3) is 1.57. The molecule has 0 aliphatic carbocycles. The van der Waals surface area contributed by atoms with E-state index >= 15 is 0 Å². The lowest BCUT2D eigenvalue weighted by molar-refractivity contribution is 0.349. The second-order valence-electron chi connectivity index (χ2n) is 3.42. The molecule has 1 aliphatic heterocycles. The standard InChI is InChI=1S/C4H12Cl2N2Si2/c1-4(2,3)8-9(5)7-10(8)6/h7,9-10H,1-3H3. The van der Waals surface area contributed by atoms with Gasteiger partial charge in [-0.15, -0.1) is 22.2 Å². The van der Waals surface area contributed by atoms with Gasteiger partial charge >= 0.3 is 0 Å². The lowest BCUT2D eigenvalue weighted by Crippen LogP contribution is -2.76. The number of nitrogens with one attached hydrogen (secondary N) is 1. The smallest absolute Gasteiger partial charge is 0.279 e. The molecule has 1 fully saturated rings. The Balaban J connectivity index is 2.55. The number of hydrogen-bond acceptors (Lipinski definition) is 2. The van der Waals surface area contributed by atoms with Gasteiger partial charge in [-0.2, -0.15) is 0 Å². The summed E-state index contributed by atoms with van der Waals surface area (Å²) in [7, 11) is -2.56. The molecular weight excluding hydrogens is 203 g/mol. The minimum Gasteiger partial charge on any atom is -0.316 e. The third-order valence-electron chi connectivity index (χ3n) is 1.54. The summed E-state index contributed by atoms with van der Waals surface area (Å²) in [5.41, 5.74) is 0.169. The Morgan fingerprint density at radius 1 is 1.20 bits per heavy atom. The highest BCUT2D eigenvalue weighted by atomic mass is 35.6. The molecule has 2 nitrogen and oxygen atoms in total. The van der Waals surface area contributed by atoms with E-state index in [0.717, 1.165) is 0 Å². The molecule has 0 saturated carbocycles. The Labute approximate surface area is 74.4 Å². The monoisotopic (exact) mass is 214 g/mol. The van der Waals surface area contributed by atoms with E-state index < -0.39 is 16.9 Å². The Hall–Kier alpha value is 0.934. The molecule has 1 heterocycles. The van der Waals surface area contributed by atoms with Gasteiger partial charge in [-0.25, -0.2) is 0 Å². The van der Waals surface area contributed by atoms with Gasteiger partial charge in [0.1, 0.15) is 0 Å². The normalized spacial score (nSPS) is 35.7. The van der Waals surface area contributed by atoms with Crippen molar-refractivity contribution in [3.63, 3.8) is 0 Å². The molecule has 0 bridgehead atoms. The van der Waals surface area contributed by atoms with Crippen molar-refractivity contribution in [1.82, 2.24) is 8.88 Å². The van der Waals surface area contributed by atoms with Crippen molar-refractivity contribution in [2.24, 2.45) is 0 Å². The lowest BCUT2D eigenvalue weighted by Gasteiger charge is -2.49. The maximum absolute atomic E-state index is 6.00. The van der Waals surface area contributed by atoms with Crippen molar-refractivity contribution in [2.45, 2.75) is 26.3 Å². The quantitative estimate of drug-likeness (QED) is 0.470. The number of hydrogen-bond donors (Lipinski definition) is 1. The maximum atomic E-state index is 6.00. The molecule has 1 N–H and O–H groups in total. The summed E-state index contributed by atoms with van der Waals surface area (Å²) in [6, 6.07) is 0. The molecule has 2 atom stereocenters. The van der Waals surface area contributed by atoms with E-state index in [1.807, 2.05) is 0 Å². The summed E-state index contributed by atoms with van der Waals surface area (Å²) in [5, 5.41) is 0. The van der Waals surface area contributed by atoms with Crippen LogP contribution in [0.15, 0.2) is 0 Å². The second kappa shape index (κ2) is 2.76. The molecule has 1 aliphatic rings. The Morgan fingerprint density at radius 3 is 1.70 bits per heavy atom. The van der Waals surface area contributed by atoms with Gasteiger partial charge in [0.05, 0.1) is 0 Å². The van der Waals surface area contributed by atoms with Crippen LogP contribution in [0.3, 0.4) is 0 Å². The van der Waals surface area contributed by atoms with E-state index in [9.17, 15) is 0 Å². The summed E-state index contributed by atoms with van der Waals surface area (Å²) in [5.74, 6) is 0. The van der Waals surface area contributed by atoms with Crippen LogP contribution in [-0.2, 0) is 0 Å². The zero-order chi connectivity index (χ0) is 7.94. The molecule has 6 heteroatoms. The second-order valence-corrected chi connectivity index (χ2v) is 10.3. The summed E-state index contributed by atoms with van der Waals surface area (Å²) in [4.78, 5) is 0. The van der Waals surface area contributed by atoms with E-state index in [1.165, 1.54) is 0 Å². The minimum absolute atomic E-state index is 0.169. The van der Waals surface area contributed by atoms with Crippen molar-refractivity contribution >= 4 is 39.0 Å². The van der Waals surface area contributed by atoms with Crippen LogP contribution >= 0.6 is 22.2 Å². The molecule has 0 spiro atoms. The van der Waals surface area contributed by atoms with Crippen LogP contribution < -0.4 is 4.65 Å². The van der Waals surface area contributed by atoms with Crippen molar-refractivity contribution in [3.8, 4) is 0 Å². The van der Waals surface area contributed by atoms with Crippen molar-refractivity contribution in [2.75, 3.05) is 0 Å². The number of halogens is 2. The van der Waals surface area contributed by atoms with Crippen LogP contribution in [-0.4, -0.2) is 26.6 Å². The zero-order valence-corrected chi connectivity index (χ0v) is 10.2. The van der Waals surface area contributed by atoms with E-state index in [4.69, 9.17) is 22.2 Å². The lowest BCUT2D eigenvalue weighted by atomic mass is 10.1. The maximum Gasteiger partial charge on any atom is 0.279 e. The van der Waals surface area contributed by atoms with Gasteiger partial charge in [0.2, 0.25) is 0 Å². The molecule has 0 aromatic carbocycles. The Kier molecular flexibility index (Phi) is 2.50. The highest BCUT2D eigenvalue weighted by molar-refractivity contribution is 7.25. The van der Waals surface area contributed by atoms with Gasteiger partial charge in [-0.3, -0.25) is 4.23 Å². The van der Waals surface area contributed by atoms with Gasteiger partial charge in [0.15, 0.2) is 0 Å².